The summed E-state index contributed by atoms with van der Waals surface area (Å²) in [4.78, 5) is 10.1. The maximum atomic E-state index is 5.83. The maximum absolute atomic E-state index is 5.83. The number of hydrogen-bond donors (Lipinski definition) is 1. The predicted octanol–water partition coefficient (Wildman–Crippen LogP) is 5.41. The van der Waals surface area contributed by atoms with Crippen molar-refractivity contribution in [2.75, 3.05) is 20.2 Å². The fraction of sp³-hybridized carbons (Fsp3) is 0.435. The van der Waals surface area contributed by atoms with Crippen LogP contribution < -0.4 is 4.74 Å². The molecule has 0 saturated heterocycles. The molecule has 0 amide bonds. The topological polar surface area (TPSA) is 41.2 Å². The summed E-state index contributed by atoms with van der Waals surface area (Å²) >= 11 is 0. The van der Waals surface area contributed by atoms with Crippen molar-refractivity contribution in [1.29, 1.82) is 0 Å². The highest BCUT2D eigenvalue weighted by atomic mass is 16.5. The Labute approximate surface area is 162 Å². The lowest BCUT2D eigenvalue weighted by atomic mass is 10.0. The van der Waals surface area contributed by atoms with Gasteiger partial charge < -0.3 is 9.72 Å². The lowest BCUT2D eigenvalue weighted by Gasteiger charge is -2.12. The predicted molar refractivity (Wildman–Crippen MR) is 113 cm³/mol. The molecule has 4 nitrogen and oxygen atoms in total. The largest absolute Gasteiger partial charge is 0.492 e. The van der Waals surface area contributed by atoms with E-state index in [2.05, 4.69) is 79.1 Å². The van der Waals surface area contributed by atoms with E-state index in [1.165, 1.54) is 23.1 Å². The van der Waals surface area contributed by atoms with Gasteiger partial charge in [0.1, 0.15) is 18.2 Å². The highest BCUT2D eigenvalue weighted by Gasteiger charge is 2.13. The Bertz CT molecular complexity index is 898. The number of imidazole rings is 1. The normalized spacial score (nSPS) is 14.3. The number of nitrogens with one attached hydrogen (secondary N) is 1. The molecule has 0 unspecified atom stereocenters. The van der Waals surface area contributed by atoms with Crippen molar-refractivity contribution in [1.82, 2.24) is 14.9 Å². The minimum Gasteiger partial charge on any atom is -0.492 e. The fourth-order valence-electron chi connectivity index (χ4n) is 3.02. The number of benzene rings is 2. The summed E-state index contributed by atoms with van der Waals surface area (Å²) in [5.74, 6) is 2.84. The first-order chi connectivity index (χ1) is 13.0. The number of fused-ring (bicyclic) bond motifs is 2. The molecule has 0 atom stereocenters. The van der Waals surface area contributed by atoms with Crippen molar-refractivity contribution in [3.05, 3.63) is 47.8 Å². The third kappa shape index (κ3) is 4.89. The lowest BCUT2D eigenvalue weighted by Crippen LogP contribution is -2.20. The summed E-state index contributed by atoms with van der Waals surface area (Å²) in [7, 11) is 2.13. The SMILES string of the molecule is CCC(C)C.Cc1nc2ccc(-c3ccc4c(c3)CN(C)CCO4)cc2[nH]1. The van der Waals surface area contributed by atoms with Gasteiger partial charge in [-0.1, -0.05) is 39.3 Å². The van der Waals surface area contributed by atoms with Crippen LogP contribution in [0.4, 0.5) is 0 Å². The van der Waals surface area contributed by atoms with Crippen LogP contribution in [-0.2, 0) is 6.54 Å². The lowest BCUT2D eigenvalue weighted by molar-refractivity contribution is 0.259. The Morgan fingerprint density at radius 1 is 1.15 bits per heavy atom. The summed E-state index contributed by atoms with van der Waals surface area (Å²) < 4.78 is 5.83. The molecule has 0 bridgehead atoms. The molecule has 4 rings (SSSR count). The number of rotatable bonds is 2. The van der Waals surface area contributed by atoms with E-state index in [9.17, 15) is 0 Å². The molecule has 2 heterocycles. The van der Waals surface area contributed by atoms with Crippen LogP contribution >= 0.6 is 0 Å². The van der Waals surface area contributed by atoms with Crippen LogP contribution in [0, 0.1) is 12.8 Å². The van der Waals surface area contributed by atoms with E-state index in [0.29, 0.717) is 0 Å². The third-order valence-corrected chi connectivity index (χ3v) is 4.98. The van der Waals surface area contributed by atoms with Gasteiger partial charge in [0.25, 0.3) is 0 Å². The molecule has 0 radical (unpaired) electrons. The van der Waals surface area contributed by atoms with Crippen molar-refractivity contribution in [2.45, 2.75) is 40.7 Å². The number of ether oxygens (including phenoxy) is 1. The van der Waals surface area contributed by atoms with Gasteiger partial charge in [-0.15, -0.1) is 0 Å². The molecule has 0 aliphatic carbocycles. The average Bonchev–Trinajstić information content (AvgIpc) is 2.91. The second-order valence-electron chi connectivity index (χ2n) is 7.76. The first-order valence-corrected chi connectivity index (χ1v) is 9.87. The number of aryl methyl sites for hydroxylation is 1. The summed E-state index contributed by atoms with van der Waals surface area (Å²) in [6, 6.07) is 12.8. The summed E-state index contributed by atoms with van der Waals surface area (Å²) in [5.41, 5.74) is 5.76. The average molecular weight is 366 g/mol. The summed E-state index contributed by atoms with van der Waals surface area (Å²) in [5, 5.41) is 0. The zero-order valence-corrected chi connectivity index (χ0v) is 17.2. The van der Waals surface area contributed by atoms with E-state index >= 15 is 0 Å². The molecule has 0 fully saturated rings. The van der Waals surface area contributed by atoms with Crippen molar-refractivity contribution in [3.8, 4) is 16.9 Å². The number of H-pyrrole nitrogens is 1. The molecular formula is C23H31N3O. The van der Waals surface area contributed by atoms with E-state index < -0.39 is 0 Å². The van der Waals surface area contributed by atoms with E-state index in [-0.39, 0.29) is 0 Å². The summed E-state index contributed by atoms with van der Waals surface area (Å²) in [6.07, 6.45) is 1.31. The number of likely N-dealkylation sites (N-methyl/N-ethyl adjacent to an activating group) is 1. The smallest absolute Gasteiger partial charge is 0.123 e. The van der Waals surface area contributed by atoms with Crippen molar-refractivity contribution < 1.29 is 4.74 Å². The van der Waals surface area contributed by atoms with Crippen molar-refractivity contribution >= 4 is 11.0 Å². The van der Waals surface area contributed by atoms with E-state index in [1.54, 1.807) is 0 Å². The minimum absolute atomic E-state index is 0.752. The van der Waals surface area contributed by atoms with Gasteiger partial charge in [-0.05, 0) is 55.3 Å². The zero-order chi connectivity index (χ0) is 19.4. The number of nitrogens with zero attached hydrogens (tertiary/aromatic N) is 2. The molecule has 4 heteroatoms. The standard InChI is InChI=1S/C18H19N3O.C5H12/c1-12-19-16-5-3-14(10-17(16)20-12)13-4-6-18-15(9-13)11-21(2)7-8-22-18;1-4-5(2)3/h3-6,9-10H,7-8,11H2,1-2H3,(H,19,20);5H,4H2,1-3H3. The molecule has 2 aromatic carbocycles. The van der Waals surface area contributed by atoms with E-state index in [1.807, 2.05) is 6.92 Å². The Morgan fingerprint density at radius 2 is 1.85 bits per heavy atom. The highest BCUT2D eigenvalue weighted by Crippen LogP contribution is 2.30. The summed E-state index contributed by atoms with van der Waals surface area (Å²) in [6.45, 7) is 11.3. The number of aromatic amines is 1. The van der Waals surface area contributed by atoms with Crippen LogP contribution in [0.1, 0.15) is 38.6 Å². The maximum Gasteiger partial charge on any atom is 0.123 e. The first kappa shape index (κ1) is 19.4. The molecule has 0 saturated carbocycles. The monoisotopic (exact) mass is 365 g/mol. The molecule has 1 N–H and O–H groups in total. The van der Waals surface area contributed by atoms with Crippen molar-refractivity contribution in [2.24, 2.45) is 5.92 Å². The van der Waals surface area contributed by atoms with Gasteiger partial charge in [0.15, 0.2) is 0 Å². The molecule has 1 aliphatic rings. The Hall–Kier alpha value is -2.33. The fourth-order valence-corrected chi connectivity index (χ4v) is 3.02. The van der Waals surface area contributed by atoms with Crippen LogP contribution in [0.3, 0.4) is 0 Å². The Balaban J connectivity index is 0.000000376. The molecule has 144 valence electrons. The molecule has 3 aromatic rings. The minimum atomic E-state index is 0.752. The third-order valence-electron chi connectivity index (χ3n) is 4.98. The quantitative estimate of drug-likeness (QED) is 0.660. The molecule has 1 aromatic heterocycles. The second kappa shape index (κ2) is 8.57. The van der Waals surface area contributed by atoms with Gasteiger partial charge >= 0.3 is 0 Å². The van der Waals surface area contributed by atoms with Crippen LogP contribution in [0.15, 0.2) is 36.4 Å². The van der Waals surface area contributed by atoms with Gasteiger partial charge in [-0.25, -0.2) is 4.98 Å². The molecule has 0 spiro atoms. The van der Waals surface area contributed by atoms with E-state index in [0.717, 1.165) is 48.2 Å². The number of hydrogen-bond acceptors (Lipinski definition) is 3. The zero-order valence-electron chi connectivity index (χ0n) is 17.2. The van der Waals surface area contributed by atoms with E-state index in [4.69, 9.17) is 4.74 Å². The van der Waals surface area contributed by atoms with Gasteiger partial charge in [-0.3, -0.25) is 4.90 Å². The van der Waals surface area contributed by atoms with Crippen LogP contribution in [-0.4, -0.2) is 35.1 Å². The first-order valence-electron chi connectivity index (χ1n) is 9.87. The Morgan fingerprint density at radius 3 is 2.59 bits per heavy atom. The highest BCUT2D eigenvalue weighted by molar-refractivity contribution is 5.82. The Kier molecular flexibility index (Phi) is 6.17. The van der Waals surface area contributed by atoms with Gasteiger partial charge in [0, 0.05) is 18.7 Å². The van der Waals surface area contributed by atoms with Crippen LogP contribution in [0.25, 0.3) is 22.2 Å². The van der Waals surface area contributed by atoms with Gasteiger partial charge in [0.2, 0.25) is 0 Å². The molecule has 1 aliphatic heterocycles. The van der Waals surface area contributed by atoms with Crippen LogP contribution in [0.5, 0.6) is 5.75 Å². The second-order valence-corrected chi connectivity index (χ2v) is 7.76. The van der Waals surface area contributed by atoms with Crippen LogP contribution in [0.2, 0.25) is 0 Å². The molecular weight excluding hydrogens is 334 g/mol. The molecule has 27 heavy (non-hydrogen) atoms. The van der Waals surface area contributed by atoms with Gasteiger partial charge in [-0.2, -0.15) is 0 Å². The van der Waals surface area contributed by atoms with Crippen molar-refractivity contribution in [3.63, 3.8) is 0 Å². The van der Waals surface area contributed by atoms with Gasteiger partial charge in [0.05, 0.1) is 11.0 Å². The number of aromatic nitrogens is 2.